The fourth-order valence-electron chi connectivity index (χ4n) is 5.70. The highest BCUT2D eigenvalue weighted by atomic mass is 16.5. The van der Waals surface area contributed by atoms with Crippen molar-refractivity contribution in [1.82, 2.24) is 25.8 Å². The van der Waals surface area contributed by atoms with Crippen molar-refractivity contribution in [3.05, 3.63) is 47.2 Å². The topological polar surface area (TPSA) is 125 Å². The van der Waals surface area contributed by atoms with Gasteiger partial charge in [-0.05, 0) is 36.2 Å². The number of ether oxygens (including phenoxy) is 2. The fourth-order valence-corrected chi connectivity index (χ4v) is 5.70. The van der Waals surface area contributed by atoms with E-state index in [1.165, 1.54) is 0 Å². The van der Waals surface area contributed by atoms with Crippen LogP contribution in [0.3, 0.4) is 0 Å². The number of methoxy groups -OCH3 is 1. The van der Waals surface area contributed by atoms with E-state index in [1.807, 2.05) is 18.2 Å². The Morgan fingerprint density at radius 1 is 1.22 bits per heavy atom. The van der Waals surface area contributed by atoms with Gasteiger partial charge in [0, 0.05) is 44.2 Å². The first-order chi connectivity index (χ1) is 17.9. The fraction of sp³-hybridized carbons (Fsp3) is 0.462. The number of hydrogen-bond donors (Lipinski definition) is 3. The third-order valence-corrected chi connectivity index (χ3v) is 7.79. The van der Waals surface area contributed by atoms with Crippen molar-refractivity contribution in [3.8, 4) is 11.5 Å². The average Bonchev–Trinajstić information content (AvgIpc) is 3.57. The van der Waals surface area contributed by atoms with Crippen LogP contribution in [0.4, 0.5) is 10.6 Å². The predicted molar refractivity (Wildman–Crippen MR) is 134 cm³/mol. The van der Waals surface area contributed by atoms with Gasteiger partial charge in [0.25, 0.3) is 11.8 Å². The number of anilines is 1. The maximum Gasteiger partial charge on any atom is 0.322 e. The SMILES string of the molecule is CCC1CN(c2ccc3c(n2)CC(C2(CN4Cc5ccc(OC)cc5C4=O)NC(=O)NC2=O)O3)CCN1. The Kier molecular flexibility index (Phi) is 5.67. The highest BCUT2D eigenvalue weighted by molar-refractivity contribution is 6.08. The van der Waals surface area contributed by atoms with Gasteiger partial charge in [0.2, 0.25) is 0 Å². The summed E-state index contributed by atoms with van der Waals surface area (Å²) in [6, 6.07) is 8.98. The van der Waals surface area contributed by atoms with Crippen LogP contribution in [0.5, 0.6) is 11.5 Å². The molecule has 0 spiro atoms. The molecule has 0 aliphatic carbocycles. The van der Waals surface area contributed by atoms with Crippen molar-refractivity contribution >= 4 is 23.7 Å². The monoisotopic (exact) mass is 506 g/mol. The lowest BCUT2D eigenvalue weighted by Gasteiger charge is -2.34. The summed E-state index contributed by atoms with van der Waals surface area (Å²) in [7, 11) is 1.55. The number of hydrogen-bond acceptors (Lipinski definition) is 8. The molecule has 3 N–H and O–H groups in total. The minimum atomic E-state index is -1.44. The van der Waals surface area contributed by atoms with Gasteiger partial charge in [0.05, 0.1) is 19.3 Å². The van der Waals surface area contributed by atoms with E-state index in [4.69, 9.17) is 14.5 Å². The van der Waals surface area contributed by atoms with Gasteiger partial charge in [-0.1, -0.05) is 13.0 Å². The highest BCUT2D eigenvalue weighted by Crippen LogP contribution is 2.37. The maximum atomic E-state index is 13.2. The van der Waals surface area contributed by atoms with Crippen LogP contribution in [0.25, 0.3) is 0 Å². The molecule has 194 valence electrons. The molecule has 6 rings (SSSR count). The summed E-state index contributed by atoms with van der Waals surface area (Å²) in [5.41, 5.74) is 0.669. The molecular weight excluding hydrogens is 476 g/mol. The molecule has 37 heavy (non-hydrogen) atoms. The molecule has 5 heterocycles. The van der Waals surface area contributed by atoms with Crippen LogP contribution in [0.1, 0.15) is 35.0 Å². The van der Waals surface area contributed by atoms with Gasteiger partial charge in [-0.3, -0.25) is 14.9 Å². The van der Waals surface area contributed by atoms with E-state index < -0.39 is 23.6 Å². The van der Waals surface area contributed by atoms with E-state index in [-0.39, 0.29) is 12.5 Å². The number of rotatable bonds is 6. The number of imide groups is 1. The van der Waals surface area contributed by atoms with Crippen LogP contribution in [-0.4, -0.2) is 78.7 Å². The maximum absolute atomic E-state index is 13.2. The Labute approximate surface area is 214 Å². The molecule has 2 fully saturated rings. The molecule has 2 aromatic rings. The largest absolute Gasteiger partial charge is 0.497 e. The predicted octanol–water partition coefficient (Wildman–Crippen LogP) is 0.816. The molecule has 2 saturated heterocycles. The van der Waals surface area contributed by atoms with Crippen molar-refractivity contribution in [1.29, 1.82) is 0 Å². The molecule has 3 unspecified atom stereocenters. The number of carbonyl (C=O) groups excluding carboxylic acids is 3. The molecule has 0 saturated carbocycles. The summed E-state index contributed by atoms with van der Waals surface area (Å²) in [6.07, 6.45) is 0.660. The number of nitrogens with one attached hydrogen (secondary N) is 3. The number of carbonyl (C=O) groups is 3. The summed E-state index contributed by atoms with van der Waals surface area (Å²) in [6.45, 7) is 5.09. The van der Waals surface area contributed by atoms with Crippen LogP contribution >= 0.6 is 0 Å². The highest BCUT2D eigenvalue weighted by Gasteiger charge is 2.57. The van der Waals surface area contributed by atoms with E-state index in [0.717, 1.165) is 43.1 Å². The van der Waals surface area contributed by atoms with Gasteiger partial charge >= 0.3 is 6.03 Å². The third-order valence-electron chi connectivity index (χ3n) is 7.79. The van der Waals surface area contributed by atoms with Crippen molar-refractivity contribution in [3.63, 3.8) is 0 Å². The normalized spacial score (nSPS) is 26.5. The molecular formula is C26H30N6O5. The zero-order valence-corrected chi connectivity index (χ0v) is 20.9. The number of piperazine rings is 1. The quantitative estimate of drug-likeness (QED) is 0.492. The first-order valence-electron chi connectivity index (χ1n) is 12.6. The molecule has 4 aliphatic rings. The molecule has 0 bridgehead atoms. The Balaban J connectivity index is 1.25. The molecule has 4 amide bonds. The first kappa shape index (κ1) is 23.5. The first-order valence-corrected chi connectivity index (χ1v) is 12.6. The van der Waals surface area contributed by atoms with Crippen LogP contribution in [-0.2, 0) is 17.8 Å². The zero-order chi connectivity index (χ0) is 25.7. The van der Waals surface area contributed by atoms with Crippen molar-refractivity contribution in [2.24, 2.45) is 0 Å². The minimum absolute atomic E-state index is 0.0259. The van der Waals surface area contributed by atoms with E-state index >= 15 is 0 Å². The van der Waals surface area contributed by atoms with Crippen LogP contribution in [0.2, 0.25) is 0 Å². The van der Waals surface area contributed by atoms with Gasteiger partial charge in [0.15, 0.2) is 5.54 Å². The van der Waals surface area contributed by atoms with Gasteiger partial charge in [0.1, 0.15) is 23.4 Å². The number of aromatic nitrogens is 1. The van der Waals surface area contributed by atoms with E-state index in [1.54, 1.807) is 24.1 Å². The summed E-state index contributed by atoms with van der Waals surface area (Å²) in [5, 5.41) is 8.66. The second kappa shape index (κ2) is 8.91. The molecule has 11 nitrogen and oxygen atoms in total. The average molecular weight is 507 g/mol. The minimum Gasteiger partial charge on any atom is -0.497 e. The second-order valence-electron chi connectivity index (χ2n) is 9.99. The van der Waals surface area contributed by atoms with Crippen molar-refractivity contribution in [2.45, 2.75) is 44.0 Å². The van der Waals surface area contributed by atoms with Crippen molar-refractivity contribution < 1.29 is 23.9 Å². The summed E-state index contributed by atoms with van der Waals surface area (Å²) in [5.74, 6) is 1.31. The smallest absolute Gasteiger partial charge is 0.322 e. The third kappa shape index (κ3) is 3.93. The Bertz CT molecular complexity index is 1280. The molecule has 11 heteroatoms. The number of urea groups is 1. The standard InChI is InChI=1S/C26H30N6O5/c1-3-16-13-31(9-8-27-16)22-7-6-20-19(28-22)11-21(37-20)26(24(34)29-25(35)30-26)14-32-12-15-4-5-17(36-2)10-18(15)23(32)33/h4-7,10,16,21,27H,3,8-9,11-14H2,1-2H3,(H2,29,30,34,35). The summed E-state index contributed by atoms with van der Waals surface area (Å²) in [4.78, 5) is 47.5. The van der Waals surface area contributed by atoms with Gasteiger partial charge in [-0.25, -0.2) is 9.78 Å². The summed E-state index contributed by atoms with van der Waals surface area (Å²) >= 11 is 0. The number of benzene rings is 1. The molecule has 1 aromatic carbocycles. The number of nitrogens with zero attached hydrogens (tertiary/aromatic N) is 3. The van der Waals surface area contributed by atoms with E-state index in [0.29, 0.717) is 36.1 Å². The second-order valence-corrected chi connectivity index (χ2v) is 9.99. The summed E-state index contributed by atoms with van der Waals surface area (Å²) < 4.78 is 11.5. The van der Waals surface area contributed by atoms with Crippen LogP contribution < -0.4 is 30.3 Å². The van der Waals surface area contributed by atoms with Gasteiger partial charge in [-0.2, -0.15) is 0 Å². The molecule has 0 radical (unpaired) electrons. The zero-order valence-electron chi connectivity index (χ0n) is 20.9. The van der Waals surface area contributed by atoms with Crippen LogP contribution in [0, 0.1) is 0 Å². The van der Waals surface area contributed by atoms with Crippen molar-refractivity contribution in [2.75, 3.05) is 38.2 Å². The Hall–Kier alpha value is -3.86. The van der Waals surface area contributed by atoms with Gasteiger partial charge < -0.3 is 29.9 Å². The number of pyridine rings is 1. The van der Waals surface area contributed by atoms with E-state index in [9.17, 15) is 14.4 Å². The number of fused-ring (bicyclic) bond motifs is 2. The van der Waals surface area contributed by atoms with Gasteiger partial charge in [-0.15, -0.1) is 0 Å². The van der Waals surface area contributed by atoms with Crippen LogP contribution in [0.15, 0.2) is 30.3 Å². The lowest BCUT2D eigenvalue weighted by Crippen LogP contribution is -2.64. The van der Waals surface area contributed by atoms with E-state index in [2.05, 4.69) is 27.8 Å². The molecule has 4 aliphatic heterocycles. The molecule has 3 atom stereocenters. The Morgan fingerprint density at radius 2 is 2.08 bits per heavy atom. The number of amides is 4. The Morgan fingerprint density at radius 3 is 2.84 bits per heavy atom. The lowest BCUT2D eigenvalue weighted by atomic mass is 9.89. The lowest BCUT2D eigenvalue weighted by molar-refractivity contribution is -0.127. The molecule has 1 aromatic heterocycles.